The number of hydrogen-bond donors (Lipinski definition) is 1. The molecule has 2 bridgehead atoms. The zero-order valence-corrected chi connectivity index (χ0v) is 10.6. The lowest BCUT2D eigenvalue weighted by molar-refractivity contribution is 0.350. The monoisotopic (exact) mass is 246 g/mol. The summed E-state index contributed by atoms with van der Waals surface area (Å²) in [6.45, 7) is -0.0933. The van der Waals surface area contributed by atoms with Gasteiger partial charge in [0.05, 0.1) is 0 Å². The van der Waals surface area contributed by atoms with Crippen molar-refractivity contribution in [1.82, 2.24) is 0 Å². The Morgan fingerprint density at radius 2 is 1.63 bits per heavy atom. The SMILES string of the molecule is OCC#CC1=C(C#Cc2ccccc2)C2C=CC1C2. The number of aliphatic hydroxyl groups is 1. The van der Waals surface area contributed by atoms with Crippen molar-refractivity contribution in [2.24, 2.45) is 11.8 Å². The molecular weight excluding hydrogens is 232 g/mol. The molecule has 2 aliphatic carbocycles. The molecule has 2 atom stereocenters. The maximum Gasteiger partial charge on any atom is 0.104 e. The van der Waals surface area contributed by atoms with Crippen molar-refractivity contribution in [2.45, 2.75) is 6.42 Å². The Labute approximate surface area is 113 Å². The fourth-order valence-corrected chi connectivity index (χ4v) is 2.64. The van der Waals surface area contributed by atoms with Gasteiger partial charge < -0.3 is 5.11 Å². The summed E-state index contributed by atoms with van der Waals surface area (Å²) < 4.78 is 0. The Balaban J connectivity index is 1.94. The molecule has 2 unspecified atom stereocenters. The van der Waals surface area contributed by atoms with E-state index in [9.17, 15) is 0 Å². The summed E-state index contributed by atoms with van der Waals surface area (Å²) in [6, 6.07) is 9.99. The molecule has 3 rings (SSSR count). The van der Waals surface area contributed by atoms with Crippen LogP contribution < -0.4 is 0 Å². The van der Waals surface area contributed by atoms with Crippen molar-refractivity contribution >= 4 is 0 Å². The lowest BCUT2D eigenvalue weighted by Crippen LogP contribution is -1.96. The highest BCUT2D eigenvalue weighted by Crippen LogP contribution is 2.43. The molecule has 0 saturated heterocycles. The number of rotatable bonds is 0. The minimum absolute atomic E-state index is 0.0933. The van der Waals surface area contributed by atoms with Crippen LogP contribution in [0.25, 0.3) is 0 Å². The highest BCUT2D eigenvalue weighted by molar-refractivity contribution is 5.56. The molecule has 1 nitrogen and oxygen atoms in total. The topological polar surface area (TPSA) is 20.2 Å². The number of aliphatic hydroxyl groups excluding tert-OH is 1. The molecule has 0 heterocycles. The molecule has 0 aliphatic heterocycles. The van der Waals surface area contributed by atoms with Crippen LogP contribution in [0, 0.1) is 35.5 Å². The standard InChI is InChI=1S/C18H14O/c19-12-4-7-17-15-9-10-16(13-15)18(17)11-8-14-5-2-1-3-6-14/h1-3,5-6,9-10,15-16,19H,12-13H2. The zero-order valence-electron chi connectivity index (χ0n) is 10.6. The number of allylic oxidation sites excluding steroid dienone is 4. The van der Waals surface area contributed by atoms with Crippen LogP contribution in [0.15, 0.2) is 53.6 Å². The molecule has 0 radical (unpaired) electrons. The molecule has 1 aromatic rings. The fourth-order valence-electron chi connectivity index (χ4n) is 2.64. The van der Waals surface area contributed by atoms with E-state index in [0.29, 0.717) is 11.8 Å². The molecule has 0 spiro atoms. The zero-order chi connectivity index (χ0) is 13.1. The summed E-state index contributed by atoms with van der Waals surface area (Å²) in [5.41, 5.74) is 3.26. The molecule has 1 N–H and O–H groups in total. The average molecular weight is 246 g/mol. The van der Waals surface area contributed by atoms with Crippen molar-refractivity contribution in [3.63, 3.8) is 0 Å². The lowest BCUT2D eigenvalue weighted by atomic mass is 9.97. The second-order valence-corrected chi connectivity index (χ2v) is 4.74. The normalized spacial score (nSPS) is 22.8. The van der Waals surface area contributed by atoms with Gasteiger partial charge in [-0.3, -0.25) is 0 Å². The molecule has 0 amide bonds. The van der Waals surface area contributed by atoms with Gasteiger partial charge in [-0.2, -0.15) is 0 Å². The van der Waals surface area contributed by atoms with Gasteiger partial charge in [0.25, 0.3) is 0 Å². The van der Waals surface area contributed by atoms with Crippen LogP contribution in [0.1, 0.15) is 12.0 Å². The van der Waals surface area contributed by atoms with Crippen molar-refractivity contribution in [2.75, 3.05) is 6.61 Å². The number of hydrogen-bond acceptors (Lipinski definition) is 1. The predicted molar refractivity (Wildman–Crippen MR) is 75.9 cm³/mol. The number of benzene rings is 1. The van der Waals surface area contributed by atoms with Crippen molar-refractivity contribution in [3.8, 4) is 23.7 Å². The minimum atomic E-state index is -0.0933. The molecule has 92 valence electrons. The van der Waals surface area contributed by atoms with Crippen LogP contribution >= 0.6 is 0 Å². The van der Waals surface area contributed by atoms with E-state index in [2.05, 4.69) is 35.8 Å². The van der Waals surface area contributed by atoms with Gasteiger partial charge in [0.1, 0.15) is 6.61 Å². The van der Waals surface area contributed by atoms with Gasteiger partial charge in [-0.15, -0.1) is 0 Å². The van der Waals surface area contributed by atoms with E-state index in [0.717, 1.165) is 23.1 Å². The van der Waals surface area contributed by atoms with E-state index in [1.165, 1.54) is 0 Å². The van der Waals surface area contributed by atoms with Gasteiger partial charge in [0.15, 0.2) is 0 Å². The van der Waals surface area contributed by atoms with E-state index in [-0.39, 0.29) is 6.61 Å². The summed E-state index contributed by atoms with van der Waals surface area (Å²) in [7, 11) is 0. The predicted octanol–water partition coefficient (Wildman–Crippen LogP) is 2.54. The third-order valence-corrected chi connectivity index (χ3v) is 3.53. The molecule has 2 aliphatic rings. The summed E-state index contributed by atoms with van der Waals surface area (Å²) in [5.74, 6) is 13.1. The summed E-state index contributed by atoms with van der Waals surface area (Å²) >= 11 is 0. The minimum Gasteiger partial charge on any atom is -0.384 e. The Kier molecular flexibility index (Phi) is 3.23. The van der Waals surface area contributed by atoms with Crippen molar-refractivity contribution in [3.05, 3.63) is 59.2 Å². The van der Waals surface area contributed by atoms with Gasteiger partial charge in [-0.1, -0.05) is 54.0 Å². The second kappa shape index (κ2) is 5.19. The maximum atomic E-state index is 8.84. The van der Waals surface area contributed by atoms with Crippen LogP contribution in [0.2, 0.25) is 0 Å². The second-order valence-electron chi connectivity index (χ2n) is 4.74. The summed E-state index contributed by atoms with van der Waals surface area (Å²) in [4.78, 5) is 0. The highest BCUT2D eigenvalue weighted by atomic mass is 16.2. The van der Waals surface area contributed by atoms with Crippen LogP contribution in [-0.2, 0) is 0 Å². The Morgan fingerprint density at radius 3 is 2.32 bits per heavy atom. The first-order valence-electron chi connectivity index (χ1n) is 6.47. The van der Waals surface area contributed by atoms with E-state index >= 15 is 0 Å². The van der Waals surface area contributed by atoms with Crippen molar-refractivity contribution < 1.29 is 5.11 Å². The van der Waals surface area contributed by atoms with Crippen LogP contribution in [-0.4, -0.2) is 11.7 Å². The molecule has 0 fully saturated rings. The summed E-state index contributed by atoms with van der Waals surface area (Å²) in [5, 5.41) is 8.84. The quantitative estimate of drug-likeness (QED) is 0.551. The van der Waals surface area contributed by atoms with Crippen LogP contribution in [0.3, 0.4) is 0 Å². The third-order valence-electron chi connectivity index (χ3n) is 3.53. The molecule has 0 aromatic heterocycles. The first kappa shape index (κ1) is 11.8. The van der Waals surface area contributed by atoms with Crippen LogP contribution in [0.4, 0.5) is 0 Å². The Bertz CT molecular complexity index is 656. The van der Waals surface area contributed by atoms with Gasteiger partial charge >= 0.3 is 0 Å². The molecule has 1 aromatic carbocycles. The van der Waals surface area contributed by atoms with Gasteiger partial charge in [-0.25, -0.2) is 0 Å². The molecular formula is C18H14O. The Morgan fingerprint density at radius 1 is 0.947 bits per heavy atom. The lowest BCUT2D eigenvalue weighted by Gasteiger charge is -2.05. The molecule has 1 heteroatoms. The smallest absolute Gasteiger partial charge is 0.104 e. The molecule has 0 saturated carbocycles. The average Bonchev–Trinajstić information content (AvgIpc) is 3.05. The largest absolute Gasteiger partial charge is 0.384 e. The van der Waals surface area contributed by atoms with E-state index in [4.69, 9.17) is 5.11 Å². The Hall–Kier alpha value is -2.22. The van der Waals surface area contributed by atoms with E-state index in [1.807, 2.05) is 30.3 Å². The number of fused-ring (bicyclic) bond motifs is 2. The highest BCUT2D eigenvalue weighted by Gasteiger charge is 2.33. The first-order chi connectivity index (χ1) is 9.38. The van der Waals surface area contributed by atoms with Gasteiger partial charge in [-0.05, 0) is 18.6 Å². The van der Waals surface area contributed by atoms with Gasteiger partial charge in [0.2, 0.25) is 0 Å². The summed E-state index contributed by atoms with van der Waals surface area (Å²) in [6.07, 6.45) is 5.53. The van der Waals surface area contributed by atoms with Crippen LogP contribution in [0.5, 0.6) is 0 Å². The van der Waals surface area contributed by atoms with Gasteiger partial charge in [0, 0.05) is 28.5 Å². The van der Waals surface area contributed by atoms with Crippen molar-refractivity contribution in [1.29, 1.82) is 0 Å². The first-order valence-corrected chi connectivity index (χ1v) is 6.47. The fraction of sp³-hybridized carbons (Fsp3) is 0.222. The van der Waals surface area contributed by atoms with E-state index in [1.54, 1.807) is 0 Å². The molecule has 19 heavy (non-hydrogen) atoms. The van der Waals surface area contributed by atoms with E-state index < -0.39 is 0 Å². The third kappa shape index (κ3) is 2.34. The maximum absolute atomic E-state index is 8.84.